The highest BCUT2D eigenvalue weighted by atomic mass is 16.5. The number of hydrogen-bond donors (Lipinski definition) is 1. The lowest BCUT2D eigenvalue weighted by molar-refractivity contribution is 0.393. The van der Waals surface area contributed by atoms with Gasteiger partial charge in [0.1, 0.15) is 11.6 Å². The first-order chi connectivity index (χ1) is 8.15. The predicted molar refractivity (Wildman–Crippen MR) is 65.8 cm³/mol. The fourth-order valence-corrected chi connectivity index (χ4v) is 2.19. The maximum absolute atomic E-state index is 5.19. The van der Waals surface area contributed by atoms with Gasteiger partial charge in [0.05, 0.1) is 16.7 Å². The fraction of sp³-hybridized carbons (Fsp3) is 0.231. The van der Waals surface area contributed by atoms with Crippen molar-refractivity contribution < 1.29 is 4.52 Å². The highest BCUT2D eigenvalue weighted by Gasteiger charge is 2.12. The van der Waals surface area contributed by atoms with Gasteiger partial charge in [-0.15, -0.1) is 0 Å². The molecule has 86 valence electrons. The number of aromatic nitrogens is 3. The molecule has 17 heavy (non-hydrogen) atoms. The number of H-pyrrole nitrogens is 1. The number of rotatable bonds is 1. The summed E-state index contributed by atoms with van der Waals surface area (Å²) in [5, 5.41) is 3.98. The van der Waals surface area contributed by atoms with Crippen molar-refractivity contribution in [1.82, 2.24) is 15.1 Å². The number of nitrogens with one attached hydrogen (secondary N) is 1. The van der Waals surface area contributed by atoms with Gasteiger partial charge in [-0.3, -0.25) is 0 Å². The summed E-state index contributed by atoms with van der Waals surface area (Å²) in [7, 11) is 0. The molecule has 0 spiro atoms. The molecule has 0 bridgehead atoms. The Morgan fingerprint density at radius 1 is 1.18 bits per heavy atom. The summed E-state index contributed by atoms with van der Waals surface area (Å²) in [6.07, 6.45) is 0. The molecule has 2 aromatic heterocycles. The third-order valence-electron chi connectivity index (χ3n) is 2.92. The van der Waals surface area contributed by atoms with Gasteiger partial charge < -0.3 is 9.51 Å². The van der Waals surface area contributed by atoms with Gasteiger partial charge >= 0.3 is 0 Å². The molecule has 0 unspecified atom stereocenters. The fourth-order valence-electron chi connectivity index (χ4n) is 2.19. The van der Waals surface area contributed by atoms with E-state index in [0.29, 0.717) is 0 Å². The van der Waals surface area contributed by atoms with E-state index in [1.807, 2.05) is 26.8 Å². The number of fused-ring (bicyclic) bond motifs is 1. The van der Waals surface area contributed by atoms with Gasteiger partial charge in [-0.1, -0.05) is 11.2 Å². The van der Waals surface area contributed by atoms with Crippen LogP contribution in [0, 0.1) is 20.8 Å². The van der Waals surface area contributed by atoms with E-state index < -0.39 is 0 Å². The minimum Gasteiger partial charge on any atom is -0.361 e. The lowest BCUT2D eigenvalue weighted by Gasteiger charge is -1.99. The Morgan fingerprint density at radius 3 is 2.71 bits per heavy atom. The summed E-state index contributed by atoms with van der Waals surface area (Å²) >= 11 is 0. The molecule has 0 fully saturated rings. The molecule has 2 heterocycles. The second-order valence-corrected chi connectivity index (χ2v) is 4.25. The third-order valence-corrected chi connectivity index (χ3v) is 2.92. The smallest absolute Gasteiger partial charge is 0.141 e. The molecular weight excluding hydrogens is 214 g/mol. The summed E-state index contributed by atoms with van der Waals surface area (Å²) in [6.45, 7) is 5.83. The van der Waals surface area contributed by atoms with Crippen molar-refractivity contribution >= 4 is 11.0 Å². The van der Waals surface area contributed by atoms with E-state index in [0.717, 1.165) is 39.4 Å². The zero-order valence-corrected chi connectivity index (χ0v) is 10.0. The summed E-state index contributed by atoms with van der Waals surface area (Å²) < 4.78 is 5.19. The molecule has 0 amide bonds. The van der Waals surface area contributed by atoms with Crippen LogP contribution in [0.2, 0.25) is 0 Å². The number of benzene rings is 1. The van der Waals surface area contributed by atoms with Crippen LogP contribution in [0.5, 0.6) is 0 Å². The summed E-state index contributed by atoms with van der Waals surface area (Å²) in [5.74, 6) is 1.77. The van der Waals surface area contributed by atoms with Gasteiger partial charge in [-0.2, -0.15) is 0 Å². The van der Waals surface area contributed by atoms with E-state index in [4.69, 9.17) is 4.52 Å². The Labute approximate surface area is 98.7 Å². The third kappa shape index (κ3) is 1.53. The van der Waals surface area contributed by atoms with Crippen molar-refractivity contribution in [2.24, 2.45) is 0 Å². The van der Waals surface area contributed by atoms with Crippen LogP contribution in [0.15, 0.2) is 22.7 Å². The molecule has 0 aliphatic heterocycles. The standard InChI is InChI=1S/C13H13N3O/c1-7-13(8(2)17-16-7)10-4-5-11-12(6-10)15-9(3)14-11/h4-6H,1-3H3,(H,14,15). The Kier molecular flexibility index (Phi) is 2.04. The van der Waals surface area contributed by atoms with Crippen molar-refractivity contribution in [3.05, 3.63) is 35.5 Å². The van der Waals surface area contributed by atoms with Crippen molar-refractivity contribution in [2.45, 2.75) is 20.8 Å². The van der Waals surface area contributed by atoms with E-state index in [1.165, 1.54) is 0 Å². The van der Waals surface area contributed by atoms with Crippen LogP contribution in [0.1, 0.15) is 17.3 Å². The zero-order valence-electron chi connectivity index (χ0n) is 10.0. The lowest BCUT2D eigenvalue weighted by Crippen LogP contribution is -1.82. The van der Waals surface area contributed by atoms with Crippen LogP contribution in [0.25, 0.3) is 22.2 Å². The highest BCUT2D eigenvalue weighted by molar-refractivity contribution is 5.82. The summed E-state index contributed by atoms with van der Waals surface area (Å²) in [5.41, 5.74) is 5.12. The molecule has 0 aliphatic rings. The second kappa shape index (κ2) is 3.45. The summed E-state index contributed by atoms with van der Waals surface area (Å²) in [6, 6.07) is 6.15. The molecule has 0 saturated carbocycles. The Bertz CT molecular complexity index is 674. The molecular formula is C13H13N3O. The van der Waals surface area contributed by atoms with Gasteiger partial charge in [-0.05, 0) is 38.5 Å². The van der Waals surface area contributed by atoms with Crippen LogP contribution in [-0.2, 0) is 0 Å². The molecule has 1 aromatic carbocycles. The quantitative estimate of drug-likeness (QED) is 0.694. The normalized spacial score (nSPS) is 11.2. The van der Waals surface area contributed by atoms with E-state index in [1.54, 1.807) is 0 Å². The zero-order chi connectivity index (χ0) is 12.0. The van der Waals surface area contributed by atoms with Crippen LogP contribution in [0.4, 0.5) is 0 Å². The molecule has 1 N–H and O–H groups in total. The minimum absolute atomic E-state index is 0.845. The molecule has 0 radical (unpaired) electrons. The van der Waals surface area contributed by atoms with Gasteiger partial charge in [-0.25, -0.2) is 4.98 Å². The van der Waals surface area contributed by atoms with E-state index in [9.17, 15) is 0 Å². The predicted octanol–water partition coefficient (Wildman–Crippen LogP) is 3.14. The Balaban J connectivity index is 2.24. The largest absolute Gasteiger partial charge is 0.361 e. The molecule has 4 nitrogen and oxygen atoms in total. The van der Waals surface area contributed by atoms with Gasteiger partial charge in [0.2, 0.25) is 0 Å². The lowest BCUT2D eigenvalue weighted by atomic mass is 10.0. The maximum Gasteiger partial charge on any atom is 0.141 e. The van der Waals surface area contributed by atoms with E-state index in [-0.39, 0.29) is 0 Å². The van der Waals surface area contributed by atoms with Gasteiger partial charge in [0.15, 0.2) is 0 Å². The van der Waals surface area contributed by atoms with Crippen molar-refractivity contribution in [1.29, 1.82) is 0 Å². The van der Waals surface area contributed by atoms with E-state index >= 15 is 0 Å². The monoisotopic (exact) mass is 227 g/mol. The number of nitrogens with zero attached hydrogens (tertiary/aromatic N) is 2. The molecule has 0 saturated heterocycles. The Morgan fingerprint density at radius 2 is 2.00 bits per heavy atom. The first kappa shape index (κ1) is 10.1. The first-order valence-electron chi connectivity index (χ1n) is 5.55. The maximum atomic E-state index is 5.19. The number of aromatic amines is 1. The minimum atomic E-state index is 0.845. The molecule has 0 aliphatic carbocycles. The molecule has 3 aromatic rings. The molecule has 3 rings (SSSR count). The molecule has 4 heteroatoms. The SMILES string of the molecule is Cc1nc2ccc(-c3c(C)noc3C)cc2[nH]1. The number of hydrogen-bond acceptors (Lipinski definition) is 3. The molecule has 0 atom stereocenters. The first-order valence-corrected chi connectivity index (χ1v) is 5.55. The van der Waals surface area contributed by atoms with Crippen LogP contribution in [0.3, 0.4) is 0 Å². The van der Waals surface area contributed by atoms with Crippen LogP contribution in [-0.4, -0.2) is 15.1 Å². The topological polar surface area (TPSA) is 54.7 Å². The average Bonchev–Trinajstić information content (AvgIpc) is 2.80. The van der Waals surface area contributed by atoms with Gasteiger partial charge in [0, 0.05) is 5.56 Å². The van der Waals surface area contributed by atoms with Crippen molar-refractivity contribution in [2.75, 3.05) is 0 Å². The Hall–Kier alpha value is -2.10. The van der Waals surface area contributed by atoms with Crippen molar-refractivity contribution in [3.8, 4) is 11.1 Å². The van der Waals surface area contributed by atoms with Crippen molar-refractivity contribution in [3.63, 3.8) is 0 Å². The van der Waals surface area contributed by atoms with Crippen LogP contribution >= 0.6 is 0 Å². The second-order valence-electron chi connectivity index (χ2n) is 4.25. The number of aryl methyl sites for hydroxylation is 3. The van der Waals surface area contributed by atoms with Gasteiger partial charge in [0.25, 0.3) is 0 Å². The highest BCUT2D eigenvalue weighted by Crippen LogP contribution is 2.28. The van der Waals surface area contributed by atoms with E-state index in [2.05, 4.69) is 27.3 Å². The van der Waals surface area contributed by atoms with Crippen LogP contribution < -0.4 is 0 Å². The summed E-state index contributed by atoms with van der Waals surface area (Å²) in [4.78, 5) is 7.62. The number of imidazole rings is 1. The average molecular weight is 227 g/mol.